The van der Waals surface area contributed by atoms with Gasteiger partial charge >= 0.3 is 5.97 Å². The molecule has 1 aromatic rings. The van der Waals surface area contributed by atoms with Crippen LogP contribution in [0.3, 0.4) is 0 Å². The minimum absolute atomic E-state index is 0.0357. The number of amides is 1. The molecule has 1 rings (SSSR count). The molecule has 0 aliphatic carbocycles. The van der Waals surface area contributed by atoms with E-state index in [2.05, 4.69) is 4.98 Å². The Kier molecular flexibility index (Phi) is 3.61. The second-order valence-electron chi connectivity index (χ2n) is 2.72. The molecule has 0 bridgehead atoms. The number of aromatic carboxylic acids is 1. The number of carbonyl (C=O) groups is 2. The average Bonchev–Trinajstić information content (AvgIpc) is 2.17. The maximum Gasteiger partial charge on any atom is 0.358 e. The van der Waals surface area contributed by atoms with Crippen molar-refractivity contribution < 1.29 is 19.4 Å². The number of nitrogens with two attached hydrogens (primary N) is 1. The number of pyridine rings is 1. The highest BCUT2D eigenvalue weighted by Crippen LogP contribution is 2.14. The van der Waals surface area contributed by atoms with Gasteiger partial charge in [-0.25, -0.2) is 9.78 Å². The lowest BCUT2D eigenvalue weighted by Crippen LogP contribution is -2.15. The van der Waals surface area contributed by atoms with Gasteiger partial charge in [-0.05, 0) is 12.1 Å². The highest BCUT2D eigenvalue weighted by molar-refractivity contribution is 5.88. The van der Waals surface area contributed by atoms with Crippen LogP contribution in [0.4, 0.5) is 0 Å². The number of carboxylic acid groups (broad SMARTS) is 1. The van der Waals surface area contributed by atoms with Gasteiger partial charge in [-0.3, -0.25) is 4.79 Å². The molecule has 3 N–H and O–H groups in total. The summed E-state index contributed by atoms with van der Waals surface area (Å²) in [5.74, 6) is -1.55. The van der Waals surface area contributed by atoms with Crippen LogP contribution in [0.2, 0.25) is 0 Å². The van der Waals surface area contributed by atoms with Crippen LogP contribution in [0.25, 0.3) is 0 Å². The van der Waals surface area contributed by atoms with E-state index in [0.717, 1.165) is 0 Å². The largest absolute Gasteiger partial charge is 0.490 e. The molecule has 0 unspecified atom stereocenters. The van der Waals surface area contributed by atoms with Gasteiger partial charge < -0.3 is 15.6 Å². The summed E-state index contributed by atoms with van der Waals surface area (Å²) in [7, 11) is 0. The third kappa shape index (κ3) is 3.26. The Morgan fingerprint density at radius 2 is 2.27 bits per heavy atom. The number of aromatic nitrogens is 1. The first-order chi connectivity index (χ1) is 7.11. The fraction of sp³-hybridized carbons (Fsp3) is 0.222. The van der Waals surface area contributed by atoms with E-state index in [1.807, 2.05) is 0 Å². The third-order valence-electron chi connectivity index (χ3n) is 1.58. The number of nitrogens with zero attached hydrogens (tertiary/aromatic N) is 1. The molecule has 0 aliphatic heterocycles. The smallest absolute Gasteiger partial charge is 0.358 e. The van der Waals surface area contributed by atoms with Crippen LogP contribution < -0.4 is 10.5 Å². The topological polar surface area (TPSA) is 103 Å². The first kappa shape index (κ1) is 11.0. The highest BCUT2D eigenvalue weighted by Gasteiger charge is 2.11. The normalized spacial score (nSPS) is 9.60. The molecule has 0 saturated heterocycles. The molecule has 1 heterocycles. The van der Waals surface area contributed by atoms with Crippen LogP contribution in [0.15, 0.2) is 18.3 Å². The van der Waals surface area contributed by atoms with Crippen molar-refractivity contribution in [3.63, 3.8) is 0 Å². The van der Waals surface area contributed by atoms with Gasteiger partial charge in [-0.15, -0.1) is 0 Å². The van der Waals surface area contributed by atoms with Crippen molar-refractivity contribution in [3.05, 3.63) is 24.0 Å². The minimum atomic E-state index is -1.18. The summed E-state index contributed by atoms with van der Waals surface area (Å²) in [4.78, 5) is 24.7. The van der Waals surface area contributed by atoms with Gasteiger partial charge in [-0.1, -0.05) is 0 Å². The van der Waals surface area contributed by atoms with Crippen molar-refractivity contribution in [1.82, 2.24) is 4.98 Å². The Balaban J connectivity index is 2.67. The summed E-state index contributed by atoms with van der Waals surface area (Å²) in [6.45, 7) is 0.0430. The average molecular weight is 210 g/mol. The second-order valence-corrected chi connectivity index (χ2v) is 2.72. The maximum absolute atomic E-state index is 10.7. The van der Waals surface area contributed by atoms with Crippen LogP contribution in [-0.4, -0.2) is 28.6 Å². The van der Waals surface area contributed by atoms with Crippen molar-refractivity contribution >= 4 is 11.9 Å². The van der Waals surface area contributed by atoms with Crippen molar-refractivity contribution in [2.24, 2.45) is 5.73 Å². The molecule has 0 atom stereocenters. The Labute approximate surface area is 85.7 Å². The molecule has 1 amide bonds. The molecule has 0 aromatic carbocycles. The number of carboxylic acids is 1. The molecular weight excluding hydrogens is 200 g/mol. The second kappa shape index (κ2) is 4.94. The summed E-state index contributed by atoms with van der Waals surface area (Å²) < 4.78 is 5.07. The molecule has 0 aliphatic rings. The Morgan fingerprint density at radius 3 is 2.87 bits per heavy atom. The Hall–Kier alpha value is -2.11. The molecule has 1 aromatic heterocycles. The Bertz CT molecular complexity index is 378. The van der Waals surface area contributed by atoms with E-state index < -0.39 is 11.9 Å². The fourth-order valence-corrected chi connectivity index (χ4v) is 0.929. The van der Waals surface area contributed by atoms with Gasteiger partial charge in [0.2, 0.25) is 5.91 Å². The predicted molar refractivity (Wildman–Crippen MR) is 50.5 cm³/mol. The van der Waals surface area contributed by atoms with E-state index in [-0.39, 0.29) is 24.5 Å². The zero-order valence-corrected chi connectivity index (χ0v) is 7.84. The SMILES string of the molecule is NC(=O)CCOc1cccnc1C(=O)O. The molecule has 15 heavy (non-hydrogen) atoms. The van der Waals surface area contributed by atoms with Gasteiger partial charge in [0.15, 0.2) is 11.4 Å². The van der Waals surface area contributed by atoms with E-state index >= 15 is 0 Å². The molecule has 0 radical (unpaired) electrons. The number of primary amides is 1. The summed E-state index contributed by atoms with van der Waals surface area (Å²) in [5, 5.41) is 8.74. The third-order valence-corrected chi connectivity index (χ3v) is 1.58. The first-order valence-electron chi connectivity index (χ1n) is 4.20. The van der Waals surface area contributed by atoms with E-state index in [4.69, 9.17) is 15.6 Å². The maximum atomic E-state index is 10.7. The van der Waals surface area contributed by atoms with Gasteiger partial charge in [-0.2, -0.15) is 0 Å². The molecule has 0 fully saturated rings. The van der Waals surface area contributed by atoms with E-state index in [1.165, 1.54) is 12.3 Å². The summed E-state index contributed by atoms with van der Waals surface area (Å²) in [6, 6.07) is 3.02. The number of ether oxygens (including phenoxy) is 1. The van der Waals surface area contributed by atoms with Crippen LogP contribution in [0.1, 0.15) is 16.9 Å². The van der Waals surface area contributed by atoms with Gasteiger partial charge in [0.1, 0.15) is 0 Å². The Morgan fingerprint density at radius 1 is 1.53 bits per heavy atom. The number of hydrogen-bond donors (Lipinski definition) is 2. The lowest BCUT2D eigenvalue weighted by atomic mass is 10.3. The standard InChI is InChI=1S/C9H10N2O4/c10-7(12)3-5-15-6-2-1-4-11-8(6)9(13)14/h1-2,4H,3,5H2,(H2,10,12)(H,13,14). The number of rotatable bonds is 5. The summed E-state index contributed by atoms with van der Waals surface area (Å²) >= 11 is 0. The molecule has 0 saturated carbocycles. The zero-order chi connectivity index (χ0) is 11.3. The quantitative estimate of drug-likeness (QED) is 0.713. The molecule has 6 heteroatoms. The molecular formula is C9H10N2O4. The minimum Gasteiger partial charge on any atom is -0.490 e. The predicted octanol–water partition coefficient (Wildman–Crippen LogP) is 0.0340. The van der Waals surface area contributed by atoms with Crippen LogP contribution in [-0.2, 0) is 4.79 Å². The molecule has 80 valence electrons. The summed E-state index contributed by atoms with van der Waals surface area (Å²) in [6.07, 6.45) is 1.39. The van der Waals surface area contributed by atoms with Crippen LogP contribution >= 0.6 is 0 Å². The molecule has 6 nitrogen and oxygen atoms in total. The highest BCUT2D eigenvalue weighted by atomic mass is 16.5. The van der Waals surface area contributed by atoms with Gasteiger partial charge in [0.25, 0.3) is 0 Å². The lowest BCUT2D eigenvalue weighted by Gasteiger charge is -2.06. The fourth-order valence-electron chi connectivity index (χ4n) is 0.929. The van der Waals surface area contributed by atoms with Crippen LogP contribution in [0.5, 0.6) is 5.75 Å². The van der Waals surface area contributed by atoms with Gasteiger partial charge in [0, 0.05) is 6.20 Å². The van der Waals surface area contributed by atoms with E-state index in [9.17, 15) is 9.59 Å². The summed E-state index contributed by atoms with van der Waals surface area (Å²) in [5.41, 5.74) is 4.72. The lowest BCUT2D eigenvalue weighted by molar-refractivity contribution is -0.118. The van der Waals surface area contributed by atoms with Gasteiger partial charge in [0.05, 0.1) is 13.0 Å². The number of hydrogen-bond acceptors (Lipinski definition) is 4. The monoisotopic (exact) mass is 210 g/mol. The number of carbonyl (C=O) groups excluding carboxylic acids is 1. The van der Waals surface area contributed by atoms with Crippen molar-refractivity contribution in [2.45, 2.75) is 6.42 Å². The molecule has 0 spiro atoms. The van der Waals surface area contributed by atoms with E-state index in [0.29, 0.717) is 0 Å². The van der Waals surface area contributed by atoms with E-state index in [1.54, 1.807) is 6.07 Å². The van der Waals surface area contributed by atoms with Crippen molar-refractivity contribution in [3.8, 4) is 5.75 Å². The zero-order valence-electron chi connectivity index (χ0n) is 7.84. The van der Waals surface area contributed by atoms with Crippen molar-refractivity contribution in [1.29, 1.82) is 0 Å². The van der Waals surface area contributed by atoms with Crippen LogP contribution in [0, 0.1) is 0 Å². The van der Waals surface area contributed by atoms with Crippen molar-refractivity contribution in [2.75, 3.05) is 6.61 Å². The first-order valence-corrected chi connectivity index (χ1v) is 4.20.